The number of piperazine rings is 1. The van der Waals surface area contributed by atoms with Crippen molar-refractivity contribution in [3.8, 4) is 0 Å². The molecular formula is C23H33N7OS. The van der Waals surface area contributed by atoms with Gasteiger partial charge in [0.25, 0.3) is 0 Å². The fraction of sp³-hybridized carbons (Fsp3) is 0.609. The highest BCUT2D eigenvalue weighted by atomic mass is 32.1. The molecule has 1 saturated carbocycles. The maximum atomic E-state index is 12.9. The summed E-state index contributed by atoms with van der Waals surface area (Å²) in [5, 5.41) is 14.5. The van der Waals surface area contributed by atoms with Crippen molar-refractivity contribution in [1.29, 1.82) is 5.41 Å². The monoisotopic (exact) mass is 455 g/mol. The molecule has 172 valence electrons. The van der Waals surface area contributed by atoms with Crippen molar-refractivity contribution in [2.24, 2.45) is 5.92 Å². The Hall–Kier alpha value is -2.55. The van der Waals surface area contributed by atoms with Gasteiger partial charge in [-0.05, 0) is 25.7 Å². The Kier molecular flexibility index (Phi) is 7.68. The van der Waals surface area contributed by atoms with E-state index in [9.17, 15) is 4.79 Å². The van der Waals surface area contributed by atoms with Crippen molar-refractivity contribution in [3.05, 3.63) is 28.0 Å². The smallest absolute Gasteiger partial charge is 0.225 e. The molecular weight excluding hydrogens is 422 g/mol. The van der Waals surface area contributed by atoms with Crippen LogP contribution in [0.5, 0.6) is 0 Å². The van der Waals surface area contributed by atoms with Crippen molar-refractivity contribution >= 4 is 35.1 Å². The van der Waals surface area contributed by atoms with Crippen LogP contribution in [0.1, 0.15) is 61.7 Å². The van der Waals surface area contributed by atoms with Crippen LogP contribution in [0.4, 0.5) is 11.6 Å². The average molecular weight is 456 g/mol. The van der Waals surface area contributed by atoms with Crippen LogP contribution in [0.3, 0.4) is 0 Å². The first-order chi connectivity index (χ1) is 15.7. The molecule has 0 atom stereocenters. The van der Waals surface area contributed by atoms with Crippen LogP contribution in [0.25, 0.3) is 0 Å². The molecule has 8 nitrogen and oxygen atoms in total. The summed E-state index contributed by atoms with van der Waals surface area (Å²) in [6, 6.07) is 0. The van der Waals surface area contributed by atoms with Gasteiger partial charge in [-0.25, -0.2) is 15.0 Å². The fourth-order valence-corrected chi connectivity index (χ4v) is 5.49. The number of nitrogens with zero attached hydrogens (tertiary/aromatic N) is 5. The molecule has 2 aliphatic rings. The number of anilines is 2. The standard InChI is InChI=1S/C23H33N7OS/c1-2-6-20-28-18(15-32-20)14-25-21-19(13-24)22(27-16-26-21)29-9-11-30(12-10-29)23(31)17-7-4-3-5-8-17/h13,15-17,24H,2-12,14H2,1H3,(H,25,26,27). The summed E-state index contributed by atoms with van der Waals surface area (Å²) in [5.41, 5.74) is 1.67. The van der Waals surface area contributed by atoms with E-state index in [0.29, 0.717) is 36.9 Å². The number of nitrogens with one attached hydrogen (secondary N) is 2. The molecule has 1 amide bonds. The lowest BCUT2D eigenvalue weighted by Gasteiger charge is -2.38. The van der Waals surface area contributed by atoms with E-state index >= 15 is 0 Å². The van der Waals surface area contributed by atoms with E-state index in [1.54, 1.807) is 17.7 Å². The number of carbonyl (C=O) groups is 1. The molecule has 0 spiro atoms. The fourth-order valence-electron chi connectivity index (χ4n) is 4.59. The van der Waals surface area contributed by atoms with Gasteiger partial charge < -0.3 is 20.5 Å². The molecule has 1 aliphatic heterocycles. The third-order valence-electron chi connectivity index (χ3n) is 6.35. The lowest BCUT2D eigenvalue weighted by atomic mass is 9.88. The highest BCUT2D eigenvalue weighted by Gasteiger charge is 2.29. The van der Waals surface area contributed by atoms with Crippen molar-refractivity contribution < 1.29 is 4.79 Å². The van der Waals surface area contributed by atoms with Crippen LogP contribution in [-0.4, -0.2) is 58.2 Å². The summed E-state index contributed by atoms with van der Waals surface area (Å²) in [6.07, 6.45) is 10.7. The van der Waals surface area contributed by atoms with Gasteiger partial charge in [0.2, 0.25) is 5.91 Å². The number of aromatic nitrogens is 3. The van der Waals surface area contributed by atoms with Crippen molar-refractivity contribution in [1.82, 2.24) is 19.9 Å². The van der Waals surface area contributed by atoms with Gasteiger partial charge in [-0.1, -0.05) is 26.2 Å². The van der Waals surface area contributed by atoms with Crippen LogP contribution in [0.15, 0.2) is 11.7 Å². The van der Waals surface area contributed by atoms with Crippen LogP contribution >= 0.6 is 11.3 Å². The average Bonchev–Trinajstić information content (AvgIpc) is 3.30. The predicted octanol–water partition coefficient (Wildman–Crippen LogP) is 3.72. The Bertz CT molecular complexity index is 917. The number of thiazole rings is 1. The zero-order chi connectivity index (χ0) is 22.3. The molecule has 9 heteroatoms. The molecule has 3 heterocycles. The second kappa shape index (κ2) is 10.8. The molecule has 0 aromatic carbocycles. The van der Waals surface area contributed by atoms with Crippen LogP contribution in [0.2, 0.25) is 0 Å². The quantitative estimate of drug-likeness (QED) is 0.589. The molecule has 2 fully saturated rings. The Morgan fingerprint density at radius 1 is 1.22 bits per heavy atom. The first kappa shape index (κ1) is 22.6. The summed E-state index contributed by atoms with van der Waals surface area (Å²) in [4.78, 5) is 30.6. The summed E-state index contributed by atoms with van der Waals surface area (Å²) in [6.45, 7) is 5.59. The third-order valence-corrected chi connectivity index (χ3v) is 7.31. The molecule has 0 radical (unpaired) electrons. The number of amides is 1. The molecule has 1 saturated heterocycles. The highest BCUT2D eigenvalue weighted by molar-refractivity contribution is 7.09. The molecule has 32 heavy (non-hydrogen) atoms. The largest absolute Gasteiger partial charge is 0.364 e. The lowest BCUT2D eigenvalue weighted by molar-refractivity contribution is -0.136. The number of rotatable bonds is 8. The number of hydrogen-bond donors (Lipinski definition) is 2. The van der Waals surface area contributed by atoms with Crippen molar-refractivity contribution in [2.75, 3.05) is 36.4 Å². The van der Waals surface area contributed by atoms with E-state index in [4.69, 9.17) is 5.41 Å². The van der Waals surface area contributed by atoms with E-state index in [-0.39, 0.29) is 5.92 Å². The van der Waals surface area contributed by atoms with Crippen LogP contribution in [0, 0.1) is 11.3 Å². The summed E-state index contributed by atoms with van der Waals surface area (Å²) >= 11 is 1.69. The Balaban J connectivity index is 1.38. The highest BCUT2D eigenvalue weighted by Crippen LogP contribution is 2.27. The Morgan fingerprint density at radius 2 is 2.00 bits per heavy atom. The van der Waals surface area contributed by atoms with Crippen LogP contribution in [-0.2, 0) is 17.8 Å². The second-order valence-corrected chi connectivity index (χ2v) is 9.53. The molecule has 2 aromatic rings. The minimum Gasteiger partial charge on any atom is -0.364 e. The first-order valence-electron chi connectivity index (χ1n) is 11.8. The zero-order valence-corrected chi connectivity index (χ0v) is 19.7. The summed E-state index contributed by atoms with van der Waals surface area (Å²) in [5.74, 6) is 1.95. The van der Waals surface area contributed by atoms with Crippen LogP contribution < -0.4 is 10.2 Å². The van der Waals surface area contributed by atoms with Gasteiger partial charge in [0.05, 0.1) is 22.8 Å². The van der Waals surface area contributed by atoms with E-state index in [1.165, 1.54) is 25.5 Å². The number of hydrogen-bond acceptors (Lipinski definition) is 8. The maximum Gasteiger partial charge on any atom is 0.225 e. The Labute approximate surface area is 194 Å². The van der Waals surface area contributed by atoms with Gasteiger partial charge in [0.1, 0.15) is 18.0 Å². The Morgan fingerprint density at radius 3 is 2.72 bits per heavy atom. The summed E-state index contributed by atoms with van der Waals surface area (Å²) in [7, 11) is 0. The SMILES string of the molecule is CCCc1nc(CNc2ncnc(N3CCN(C(=O)C4CCCCC4)CC3)c2C=N)cs1. The van der Waals surface area contributed by atoms with Gasteiger partial charge in [-0.2, -0.15) is 0 Å². The molecule has 0 unspecified atom stereocenters. The van der Waals surface area contributed by atoms with Gasteiger partial charge in [-0.15, -0.1) is 11.3 Å². The minimum absolute atomic E-state index is 0.214. The number of carbonyl (C=O) groups excluding carboxylic acids is 1. The van der Waals surface area contributed by atoms with Crippen molar-refractivity contribution in [2.45, 2.75) is 58.4 Å². The third kappa shape index (κ3) is 5.26. The second-order valence-electron chi connectivity index (χ2n) is 8.59. The van der Waals surface area contributed by atoms with E-state index in [0.717, 1.165) is 55.3 Å². The van der Waals surface area contributed by atoms with Crippen molar-refractivity contribution in [3.63, 3.8) is 0 Å². The lowest BCUT2D eigenvalue weighted by Crippen LogP contribution is -2.51. The molecule has 2 aromatic heterocycles. The maximum absolute atomic E-state index is 12.9. The van der Waals surface area contributed by atoms with Gasteiger partial charge in [0.15, 0.2) is 0 Å². The zero-order valence-electron chi connectivity index (χ0n) is 18.8. The predicted molar refractivity (Wildman–Crippen MR) is 129 cm³/mol. The summed E-state index contributed by atoms with van der Waals surface area (Å²) < 4.78 is 0. The van der Waals surface area contributed by atoms with E-state index < -0.39 is 0 Å². The normalized spacial score (nSPS) is 17.4. The van der Waals surface area contributed by atoms with E-state index in [1.807, 2.05) is 4.90 Å². The first-order valence-corrected chi connectivity index (χ1v) is 12.6. The van der Waals surface area contributed by atoms with Gasteiger partial charge in [-0.3, -0.25) is 4.79 Å². The van der Waals surface area contributed by atoms with Gasteiger partial charge in [0, 0.05) is 43.7 Å². The molecule has 2 N–H and O–H groups in total. The molecule has 0 bridgehead atoms. The molecule has 4 rings (SSSR count). The number of aryl methyl sites for hydroxylation is 1. The van der Waals surface area contributed by atoms with Gasteiger partial charge >= 0.3 is 0 Å². The minimum atomic E-state index is 0.214. The van der Waals surface area contributed by atoms with E-state index in [2.05, 4.69) is 37.5 Å². The topological polar surface area (TPSA) is 98.1 Å². The molecule has 1 aliphatic carbocycles.